The first kappa shape index (κ1) is 121. The number of rotatable bonds is 11. The van der Waals surface area contributed by atoms with E-state index >= 15 is 0 Å². The number of aryl methyl sites for hydroxylation is 1. The first-order chi connectivity index (χ1) is 65.8. The molecule has 2 unspecified atom stereocenters. The number of esters is 1. The van der Waals surface area contributed by atoms with Crippen molar-refractivity contribution in [3.63, 3.8) is 0 Å². The van der Waals surface area contributed by atoms with E-state index in [1.54, 1.807) is 19.1 Å². The number of hydrogen-bond acceptors (Lipinski definition) is 20. The van der Waals surface area contributed by atoms with Gasteiger partial charge in [0, 0.05) is 115 Å². The van der Waals surface area contributed by atoms with Crippen LogP contribution in [0.25, 0.3) is 38.3 Å². The molecule has 7 aliphatic heterocycles. The summed E-state index contributed by atoms with van der Waals surface area (Å²) in [6.45, 7) is 10.6. The predicted octanol–water partition coefficient (Wildman–Crippen LogP) is 7.16. The van der Waals surface area contributed by atoms with Crippen molar-refractivity contribution in [2.75, 3.05) is 52.4 Å². The molecular formula is C97H102Br4Cl3K2N13O20S2Sn. The minimum absolute atomic E-state index is 0. The fraction of sp³-hybridized carbons (Fsp3) is 0.289. The molecule has 3 saturated heterocycles. The fourth-order valence-corrected chi connectivity index (χ4v) is 23.1. The quantitative estimate of drug-likeness (QED) is 0.0201. The SMILES string of the molecule is CC(=O)O.CCOC(=O)C1CCCNC1=O.Cc1cccc(Br)c1.NS(=O)(=O)c1cc(C(=O)Cl)ccc1Cl.NS(=O)(=O)c1cc(C(=O)c2ccc3c(c2)CC2=C3CCNC2=O)ccc1Cl.O=C([O-])C1CCCNC1=O.O=C1NCCCC1=NCc1cccc(Br)c1.O=C1NCCc2c1[nH]c1cc(Br)ccc21.O=C1NCCc2c1[nH]c1cccc(Br)c21.[CH3][Sn]([CH3])([CH3])[c]1ccc2c3c([nH]c2c1)C(=O)NCC3.[K+].[K+].[OH-]. The van der Waals surface area contributed by atoms with E-state index in [0.29, 0.717) is 74.7 Å². The Balaban J connectivity index is 0.000000219. The van der Waals surface area contributed by atoms with Crippen LogP contribution in [-0.4, -0.2) is 189 Å². The number of aliphatic imine (C=N–C) groups is 1. The Kier molecular flexibility index (Phi) is 48.4. The number of nitrogens with two attached hydrogens (primary N) is 2. The summed E-state index contributed by atoms with van der Waals surface area (Å²) >= 11 is 28.3. The van der Waals surface area contributed by atoms with E-state index in [1.165, 1.54) is 50.4 Å². The zero-order valence-electron chi connectivity index (χ0n) is 78.6. The van der Waals surface area contributed by atoms with Gasteiger partial charge < -0.3 is 67.1 Å². The maximum absolute atomic E-state index is 12.8. The van der Waals surface area contributed by atoms with Crippen LogP contribution in [0.2, 0.25) is 24.9 Å². The Morgan fingerprint density at radius 2 is 0.993 bits per heavy atom. The maximum atomic E-state index is 12.8. The van der Waals surface area contributed by atoms with Crippen LogP contribution < -0.4 is 159 Å². The molecule has 0 bridgehead atoms. The number of ketones is 1. The number of hydrogen-bond donors (Lipinski definition) is 13. The Morgan fingerprint density at radius 3 is 1.51 bits per heavy atom. The van der Waals surface area contributed by atoms with Crippen molar-refractivity contribution in [3.8, 4) is 0 Å². The summed E-state index contributed by atoms with van der Waals surface area (Å²) in [5.74, 6) is -4.97. The Labute approximate surface area is 957 Å². The van der Waals surface area contributed by atoms with Crippen LogP contribution in [0, 0.1) is 18.8 Å². The zero-order valence-corrected chi connectivity index (χ0v) is 98.0. The Hall–Kier alpha value is -7.53. The summed E-state index contributed by atoms with van der Waals surface area (Å²) in [6, 6.07) is 47.8. The average Bonchev–Trinajstić information content (AvgIpc) is 1.63. The number of benzene rings is 8. The molecule has 19 rings (SSSR count). The molecule has 8 aromatic carbocycles. The number of aromatic nitrogens is 3. The van der Waals surface area contributed by atoms with Gasteiger partial charge >= 0.3 is 220 Å². The minimum Gasteiger partial charge on any atom is -0.870 e. The van der Waals surface area contributed by atoms with Crippen molar-refractivity contribution in [1.29, 1.82) is 0 Å². The molecule has 33 nitrogen and oxygen atoms in total. The number of primary sulfonamides is 2. The third-order valence-electron chi connectivity index (χ3n) is 22.4. The largest absolute Gasteiger partial charge is 1.00 e. The molecule has 45 heteroatoms. The van der Waals surface area contributed by atoms with E-state index in [2.05, 4.69) is 173 Å². The number of aromatic amines is 3. The smallest absolute Gasteiger partial charge is 0.870 e. The topological polar surface area (TPSA) is 552 Å². The normalized spacial score (nSPS) is 15.9. The molecule has 0 saturated carbocycles. The van der Waals surface area contributed by atoms with Crippen molar-refractivity contribution in [2.45, 2.75) is 123 Å². The van der Waals surface area contributed by atoms with Crippen molar-refractivity contribution in [3.05, 3.63) is 264 Å². The number of piperidine rings is 3. The number of ether oxygens (including phenoxy) is 1. The van der Waals surface area contributed by atoms with Crippen LogP contribution in [0.3, 0.4) is 0 Å². The van der Waals surface area contributed by atoms with Crippen LogP contribution in [0.15, 0.2) is 196 Å². The average molecular weight is 2460 g/mol. The number of halogens is 7. The monoisotopic (exact) mass is 2450 g/mol. The number of amides is 7. The number of aliphatic carboxylic acids is 2. The molecule has 1 aliphatic carbocycles. The molecule has 0 spiro atoms. The molecule has 3 aromatic heterocycles. The van der Waals surface area contributed by atoms with E-state index in [-0.39, 0.29) is 180 Å². The van der Waals surface area contributed by atoms with Gasteiger partial charge in [-0.05, 0) is 208 Å². The second-order valence-electron chi connectivity index (χ2n) is 33.4. The molecule has 2 atom stereocenters. The van der Waals surface area contributed by atoms with E-state index in [1.807, 2.05) is 78.9 Å². The zero-order chi connectivity index (χ0) is 101. The van der Waals surface area contributed by atoms with Crippen LogP contribution >= 0.6 is 98.5 Å². The molecule has 16 N–H and O–H groups in total. The fourth-order valence-electron chi connectivity index (χ4n) is 15.6. The standard InChI is InChI=1S/C19H15ClN2O4S.C12H13BrN2O.2C11H9BrN2O.C11H9N2O.C8H13NO3.C7H7Br.C7H5Cl2NO3S.C6H9NO3.C2H4O2.3CH3.2K.H2O.Sn/c20-16-4-2-11(9-17(16)27(21,25)26)18(23)10-1-3-13-12(7-10)8-15-14(13)5-6-22-19(15)24;13-10-4-1-3-9(7-10)8-15-11-5-2-6-14-12(11)16;12-6-1-2-7-8-3-4-13-11(15)10(8)14-9(7)5-6;12-7-2-1-3-8-9(7)6-4-5-13-11(15)10(6)14-8;14-11-10-8(5-6-12-11)7-3-1-2-4-9(7)13-10;1-2-12-8(11)6-4-3-5-9-7(6)10;1-6-3-2-4-7(8)5-6;8-5-2-1-4(7(9)11)3-6(5)14(10,12)13;8-5-4(6(9)10)2-1-3-7-5;1-2(3)4;;;;;;;/h1-4,7,9H,5-6,8H2,(H,22,24)(H2,21,25,26);1,3-4,7H,2,5-6,8H2,(H,14,16);1-2,5,14H,3-4H2,(H,13,15);1-3,14H,4-5H2,(H,13,15);1,3-4,13H,5-6H2,(H,12,14);6H,2-5H2,1H3,(H,9,10);2-5H,1H3;1-3H,(H2,10,12,13);4H,1-3H2,(H,7,8)(H,9,10);1H3,(H,3,4);3*1H3;;;1H2;/q;;;;;;;;;;;;;2*+1;;/p-2. The maximum Gasteiger partial charge on any atom is 1.00 e. The molecule has 11 aromatic rings. The van der Waals surface area contributed by atoms with E-state index in [9.17, 15) is 74.7 Å². The summed E-state index contributed by atoms with van der Waals surface area (Å²) in [4.78, 5) is 155. The molecule has 3 fully saturated rings. The number of carbonyl (C=O) groups is 12. The number of nitrogens with one attached hydrogen (secondary N) is 10. The molecular weight excluding hydrogens is 2350 g/mol. The van der Waals surface area contributed by atoms with Crippen molar-refractivity contribution in [2.24, 2.45) is 27.1 Å². The Morgan fingerprint density at radius 1 is 0.521 bits per heavy atom. The van der Waals surface area contributed by atoms with Gasteiger partial charge in [0.1, 0.15) is 27.1 Å². The summed E-state index contributed by atoms with van der Waals surface area (Å²) in [5.41, 5.74) is 16.2. The van der Waals surface area contributed by atoms with Crippen LogP contribution in [0.5, 0.6) is 0 Å². The summed E-state index contributed by atoms with van der Waals surface area (Å²) < 4.78 is 55.7. The molecule has 0 radical (unpaired) electrons. The summed E-state index contributed by atoms with van der Waals surface area (Å²) in [7, 11) is -7.97. The number of carboxylic acid groups (broad SMARTS) is 2. The van der Waals surface area contributed by atoms with Gasteiger partial charge in [0.2, 0.25) is 37.8 Å². The Bertz CT molecular complexity index is 6900. The molecule has 142 heavy (non-hydrogen) atoms. The first-order valence-electron chi connectivity index (χ1n) is 43.8. The number of fused-ring (bicyclic) bond motifs is 11. The van der Waals surface area contributed by atoms with Gasteiger partial charge in [0.25, 0.3) is 28.9 Å². The van der Waals surface area contributed by atoms with Crippen molar-refractivity contribution >= 4 is 255 Å². The number of nitrogens with zero attached hydrogens (tertiary/aromatic N) is 1. The van der Waals surface area contributed by atoms with Gasteiger partial charge in [-0.3, -0.25) is 52.9 Å². The third-order valence-corrected chi connectivity index (χ3v) is 33.4. The van der Waals surface area contributed by atoms with Crippen LogP contribution in [0.4, 0.5) is 0 Å². The summed E-state index contributed by atoms with van der Waals surface area (Å²) in [6.07, 6.45) is 8.38. The molecule has 742 valence electrons. The second kappa shape index (κ2) is 56.6. The van der Waals surface area contributed by atoms with Crippen LogP contribution in [0.1, 0.15) is 155 Å². The number of sulfonamides is 2. The first-order valence-corrected chi connectivity index (χ1v) is 61.2. The third kappa shape index (κ3) is 34.3. The van der Waals surface area contributed by atoms with Gasteiger partial charge in [-0.25, -0.2) is 27.1 Å². The molecule has 10 heterocycles. The van der Waals surface area contributed by atoms with Gasteiger partial charge in [-0.2, -0.15) is 0 Å². The molecule has 8 aliphatic rings. The van der Waals surface area contributed by atoms with Gasteiger partial charge in [0.05, 0.1) is 40.8 Å². The van der Waals surface area contributed by atoms with Gasteiger partial charge in [-0.1, -0.05) is 141 Å². The van der Waals surface area contributed by atoms with Crippen LogP contribution in [-0.2, 0) is 90.6 Å². The van der Waals surface area contributed by atoms with Gasteiger partial charge in [0.15, 0.2) is 5.78 Å². The number of carboxylic acids is 2. The van der Waals surface area contributed by atoms with Crippen molar-refractivity contribution in [1.82, 2.24) is 52.2 Å². The molecule has 7 amide bonds. The number of carbonyl (C=O) groups excluding carboxylic acids is 11. The van der Waals surface area contributed by atoms with Crippen molar-refractivity contribution < 1.29 is 198 Å². The summed E-state index contributed by atoms with van der Waals surface area (Å²) in [5, 5.41) is 49.6. The van der Waals surface area contributed by atoms with E-state index in [0.717, 1.165) is 180 Å². The second-order valence-corrected chi connectivity index (χ2v) is 55.7. The van der Waals surface area contributed by atoms with Gasteiger partial charge in [-0.15, -0.1) is 0 Å². The predicted molar refractivity (Wildman–Crippen MR) is 550 cm³/mol. The minimum atomic E-state index is -4.04. The van der Waals surface area contributed by atoms with E-state index < -0.39 is 79.3 Å². The number of H-pyrrole nitrogens is 3. The van der Waals surface area contributed by atoms with E-state index in [4.69, 9.17) is 59.7 Å².